The molecule has 0 radical (unpaired) electrons. The van der Waals surface area contributed by atoms with Gasteiger partial charge in [0.2, 0.25) is 11.0 Å². The first kappa shape index (κ1) is 22.7. The highest BCUT2D eigenvalue weighted by atomic mass is 32.1. The van der Waals surface area contributed by atoms with Crippen molar-refractivity contribution in [3.05, 3.63) is 126 Å². The van der Waals surface area contributed by atoms with Crippen LogP contribution in [0.1, 0.15) is 11.1 Å². The third-order valence-electron chi connectivity index (χ3n) is 8.26. The zero-order valence-corrected chi connectivity index (χ0v) is 22.4. The fourth-order valence-electron chi connectivity index (χ4n) is 6.39. The van der Waals surface area contributed by atoms with E-state index in [0.29, 0.717) is 0 Å². The summed E-state index contributed by atoms with van der Waals surface area (Å²) < 4.78 is 9.15. The Morgan fingerprint density at radius 2 is 1.54 bits per heavy atom. The number of hydrogen-bond acceptors (Lipinski definition) is 3. The van der Waals surface area contributed by atoms with Crippen molar-refractivity contribution in [3.8, 4) is 22.5 Å². The van der Waals surface area contributed by atoms with Gasteiger partial charge in [-0.05, 0) is 47.9 Å². The van der Waals surface area contributed by atoms with Crippen LogP contribution in [-0.2, 0) is 12.8 Å². The number of benzene rings is 5. The van der Waals surface area contributed by atoms with E-state index >= 15 is 0 Å². The zero-order chi connectivity index (χ0) is 25.9. The molecule has 1 aliphatic carbocycles. The molecule has 4 heteroatoms. The molecular formula is C35H27N2OS+. The third kappa shape index (κ3) is 3.63. The van der Waals surface area contributed by atoms with Gasteiger partial charge in [0.25, 0.3) is 0 Å². The fourth-order valence-corrected chi connectivity index (χ4v) is 6.66. The molecule has 0 fully saturated rings. The molecule has 4 aliphatic rings. The number of hydrogen-bond donors (Lipinski definition) is 1. The van der Waals surface area contributed by atoms with Crippen LogP contribution in [0.25, 0.3) is 33.4 Å². The number of para-hydroxylation sites is 2. The lowest BCUT2D eigenvalue weighted by Crippen LogP contribution is -2.23. The van der Waals surface area contributed by atoms with E-state index in [-0.39, 0.29) is 0 Å². The van der Waals surface area contributed by atoms with Crippen molar-refractivity contribution >= 4 is 40.7 Å². The normalized spacial score (nSPS) is 15.7. The molecule has 0 bridgehead atoms. The highest BCUT2D eigenvalue weighted by Crippen LogP contribution is 2.44. The molecule has 0 atom stereocenters. The molecule has 3 nitrogen and oxygen atoms in total. The van der Waals surface area contributed by atoms with Gasteiger partial charge in [-0.15, -0.1) is 12.6 Å². The molecule has 4 aromatic rings. The summed E-state index contributed by atoms with van der Waals surface area (Å²) in [5, 5.41) is 2.25. The molecule has 0 saturated heterocycles. The first-order valence-electron chi connectivity index (χ1n) is 13.6. The van der Waals surface area contributed by atoms with E-state index in [1.54, 1.807) is 0 Å². The lowest BCUT2D eigenvalue weighted by atomic mass is 9.93. The van der Waals surface area contributed by atoms with E-state index in [2.05, 4.69) is 113 Å². The van der Waals surface area contributed by atoms with Gasteiger partial charge in [0.15, 0.2) is 6.54 Å². The Kier molecular flexibility index (Phi) is 5.17. The average Bonchev–Trinajstić information content (AvgIpc) is 3.61. The van der Waals surface area contributed by atoms with Crippen molar-refractivity contribution in [3.63, 3.8) is 0 Å². The SMILES string of the molecule is Sc1ccccc1-c1c2ccc(=[N+]3CCc4ccccc43)cc-2oc2cc(N3CCc4ccccc43)ccc12. The number of thiol groups is 1. The van der Waals surface area contributed by atoms with E-state index in [4.69, 9.17) is 17.0 Å². The molecule has 39 heavy (non-hydrogen) atoms. The minimum Gasteiger partial charge on any atom is -0.456 e. The van der Waals surface area contributed by atoms with E-state index in [0.717, 1.165) is 69.7 Å². The lowest BCUT2D eigenvalue weighted by molar-refractivity contribution is 0.617. The van der Waals surface area contributed by atoms with Crippen LogP contribution in [0.2, 0.25) is 0 Å². The minimum atomic E-state index is 0.884. The molecule has 8 rings (SSSR count). The van der Waals surface area contributed by atoms with Crippen molar-refractivity contribution in [2.45, 2.75) is 17.7 Å². The molecule has 4 aromatic carbocycles. The van der Waals surface area contributed by atoms with E-state index < -0.39 is 0 Å². The molecule has 188 valence electrons. The predicted molar refractivity (Wildman–Crippen MR) is 163 cm³/mol. The van der Waals surface area contributed by atoms with Crippen LogP contribution in [-0.4, -0.2) is 13.1 Å². The number of fused-ring (bicyclic) bond motifs is 4. The summed E-state index contributed by atoms with van der Waals surface area (Å²) in [7, 11) is 0. The second-order valence-electron chi connectivity index (χ2n) is 10.4. The summed E-state index contributed by atoms with van der Waals surface area (Å²) in [5.74, 6) is 0.884. The van der Waals surface area contributed by atoms with Gasteiger partial charge in [0, 0.05) is 69.5 Å². The highest BCUT2D eigenvalue weighted by molar-refractivity contribution is 7.80. The van der Waals surface area contributed by atoms with Gasteiger partial charge >= 0.3 is 0 Å². The van der Waals surface area contributed by atoms with Crippen molar-refractivity contribution in [1.82, 2.24) is 4.58 Å². The number of anilines is 2. The van der Waals surface area contributed by atoms with E-state index in [9.17, 15) is 0 Å². The number of rotatable bonds is 2. The van der Waals surface area contributed by atoms with Gasteiger partial charge in [-0.1, -0.05) is 54.6 Å². The van der Waals surface area contributed by atoms with Gasteiger partial charge < -0.3 is 9.32 Å². The van der Waals surface area contributed by atoms with E-state index in [1.165, 1.54) is 28.1 Å². The minimum absolute atomic E-state index is 0.884. The van der Waals surface area contributed by atoms with Gasteiger partial charge in [-0.25, -0.2) is 0 Å². The van der Waals surface area contributed by atoms with Crippen molar-refractivity contribution in [2.24, 2.45) is 0 Å². The maximum atomic E-state index is 6.75. The average molecular weight is 524 g/mol. The maximum absolute atomic E-state index is 6.75. The molecule has 0 aromatic heterocycles. The van der Waals surface area contributed by atoms with Crippen LogP contribution in [0, 0.1) is 0 Å². The highest BCUT2D eigenvalue weighted by Gasteiger charge is 2.26. The van der Waals surface area contributed by atoms with Crippen LogP contribution >= 0.6 is 12.6 Å². The Bertz CT molecular complexity index is 1950. The largest absolute Gasteiger partial charge is 0.456 e. The summed E-state index contributed by atoms with van der Waals surface area (Å²) in [5.41, 5.74) is 10.8. The Morgan fingerprint density at radius 3 is 2.46 bits per heavy atom. The Hall–Kier alpha value is -4.28. The van der Waals surface area contributed by atoms with Crippen LogP contribution in [0.4, 0.5) is 17.1 Å². The molecule has 0 spiro atoms. The molecule has 0 N–H and O–H groups in total. The van der Waals surface area contributed by atoms with Gasteiger partial charge in [-0.3, -0.25) is 0 Å². The zero-order valence-electron chi connectivity index (χ0n) is 21.5. The van der Waals surface area contributed by atoms with Crippen molar-refractivity contribution in [1.29, 1.82) is 0 Å². The quantitative estimate of drug-likeness (QED) is 0.142. The fraction of sp³-hybridized carbons (Fsp3) is 0.114. The van der Waals surface area contributed by atoms with Crippen molar-refractivity contribution < 1.29 is 4.42 Å². The first-order chi connectivity index (χ1) is 19.2. The van der Waals surface area contributed by atoms with Crippen molar-refractivity contribution in [2.75, 3.05) is 18.0 Å². The third-order valence-corrected chi connectivity index (χ3v) is 8.65. The molecular weight excluding hydrogens is 496 g/mol. The van der Waals surface area contributed by atoms with Crippen LogP contribution in [0.3, 0.4) is 0 Å². The smallest absolute Gasteiger partial charge is 0.209 e. The van der Waals surface area contributed by atoms with Gasteiger partial charge in [0.05, 0.1) is 6.07 Å². The van der Waals surface area contributed by atoms with Crippen LogP contribution < -0.4 is 14.8 Å². The molecule has 3 heterocycles. The van der Waals surface area contributed by atoms with Crippen LogP contribution in [0.5, 0.6) is 0 Å². The Labute approximate surface area is 233 Å². The lowest BCUT2D eigenvalue weighted by Gasteiger charge is -2.21. The Morgan fingerprint density at radius 1 is 0.718 bits per heavy atom. The Balaban J connectivity index is 1.39. The summed E-state index contributed by atoms with van der Waals surface area (Å²) in [6.07, 6.45) is 2.12. The predicted octanol–water partition coefficient (Wildman–Crippen LogP) is 7.85. The summed E-state index contributed by atoms with van der Waals surface area (Å²) in [6, 6.07) is 39.0. The summed E-state index contributed by atoms with van der Waals surface area (Å²) in [4.78, 5) is 3.36. The van der Waals surface area contributed by atoms with Gasteiger partial charge in [0.1, 0.15) is 11.3 Å². The second-order valence-corrected chi connectivity index (χ2v) is 10.9. The monoisotopic (exact) mass is 523 g/mol. The maximum Gasteiger partial charge on any atom is 0.209 e. The van der Waals surface area contributed by atoms with E-state index in [1.807, 2.05) is 6.07 Å². The molecule has 0 unspecified atom stereocenters. The summed E-state index contributed by atoms with van der Waals surface area (Å²) in [6.45, 7) is 1.95. The topological polar surface area (TPSA) is 19.4 Å². The summed E-state index contributed by atoms with van der Waals surface area (Å²) >= 11 is 4.86. The second kappa shape index (κ2) is 8.89. The molecule has 0 saturated carbocycles. The number of nitrogens with zero attached hydrogens (tertiary/aromatic N) is 2. The molecule has 0 amide bonds. The van der Waals surface area contributed by atoms with Gasteiger partial charge in [-0.2, -0.15) is 4.58 Å². The first-order valence-corrected chi connectivity index (χ1v) is 14.0. The molecule has 3 aliphatic heterocycles. The standard InChI is InChI=1S/C35H26N2OS/c39-34-12-6-3-9-29(34)35-27-15-13-25(36-19-17-23-7-1-4-10-30(23)36)21-32(27)38-33-22-26(14-16-28(33)35)37-20-18-24-8-2-5-11-31(24)37/h1-16,21-22H,17-20H2/p+1. The van der Waals surface area contributed by atoms with Crippen LogP contribution in [0.15, 0.2) is 119 Å².